The highest BCUT2D eigenvalue weighted by Gasteiger charge is 2.42. The number of ether oxygens (including phenoxy) is 4. The molecule has 1 aliphatic heterocycles. The van der Waals surface area contributed by atoms with Crippen LogP contribution in [0.3, 0.4) is 0 Å². The van der Waals surface area contributed by atoms with E-state index in [1.807, 2.05) is 54.6 Å². The predicted octanol–water partition coefficient (Wildman–Crippen LogP) is 3.48. The van der Waals surface area contributed by atoms with Crippen LogP contribution in [0.2, 0.25) is 0 Å². The number of rotatable bonds is 8. The summed E-state index contributed by atoms with van der Waals surface area (Å²) in [6.07, 6.45) is -0.880. The molecule has 11 nitrogen and oxygen atoms in total. The molecule has 0 bridgehead atoms. The average molecular weight is 591 g/mol. The van der Waals surface area contributed by atoms with Crippen molar-refractivity contribution in [2.24, 2.45) is 11.8 Å². The molecule has 1 fully saturated rings. The lowest BCUT2D eigenvalue weighted by Gasteiger charge is -2.29. The van der Waals surface area contributed by atoms with Crippen molar-refractivity contribution in [3.63, 3.8) is 0 Å². The third-order valence-electron chi connectivity index (χ3n) is 6.98. The minimum atomic E-state index is -1.44. The number of amides is 1. The van der Waals surface area contributed by atoms with E-state index in [1.54, 1.807) is 13.8 Å². The van der Waals surface area contributed by atoms with Crippen molar-refractivity contribution in [3.8, 4) is 22.6 Å². The zero-order valence-electron chi connectivity index (χ0n) is 24.3. The Labute approximate surface area is 249 Å². The van der Waals surface area contributed by atoms with Gasteiger partial charge < -0.3 is 29.4 Å². The molecular weight excluding hydrogens is 556 g/mol. The number of nitrogens with zero attached hydrogens (tertiary/aromatic N) is 1. The van der Waals surface area contributed by atoms with Crippen molar-refractivity contribution in [1.82, 2.24) is 10.3 Å². The number of hydrogen-bond acceptors (Lipinski definition) is 10. The van der Waals surface area contributed by atoms with Gasteiger partial charge in [-0.2, -0.15) is 0 Å². The van der Waals surface area contributed by atoms with Crippen LogP contribution in [-0.2, 0) is 35.0 Å². The van der Waals surface area contributed by atoms with E-state index in [0.29, 0.717) is 0 Å². The van der Waals surface area contributed by atoms with Gasteiger partial charge in [0.1, 0.15) is 18.6 Å². The summed E-state index contributed by atoms with van der Waals surface area (Å²) in [4.78, 5) is 56.2. The van der Waals surface area contributed by atoms with Crippen LogP contribution < -0.4 is 10.1 Å². The molecule has 11 heteroatoms. The zero-order chi connectivity index (χ0) is 31.1. The number of pyridine rings is 1. The molecule has 3 aromatic rings. The van der Waals surface area contributed by atoms with Crippen LogP contribution in [0.4, 0.5) is 0 Å². The molecule has 4 rings (SSSR count). The number of carbonyl (C=O) groups excluding carboxylic acids is 4. The summed E-state index contributed by atoms with van der Waals surface area (Å²) in [5, 5.41) is 12.7. The molecule has 0 radical (unpaired) electrons. The minimum absolute atomic E-state index is 0.00577. The van der Waals surface area contributed by atoms with Gasteiger partial charge in [0.15, 0.2) is 29.3 Å². The van der Waals surface area contributed by atoms with E-state index < -0.39 is 72.0 Å². The molecule has 4 atom stereocenters. The van der Waals surface area contributed by atoms with Crippen molar-refractivity contribution < 1.29 is 43.2 Å². The number of methoxy groups -OCH3 is 1. The summed E-state index contributed by atoms with van der Waals surface area (Å²) in [7, 11) is 1.31. The second-order valence-corrected chi connectivity index (χ2v) is 10.4. The van der Waals surface area contributed by atoms with Crippen LogP contribution >= 0.6 is 0 Å². The van der Waals surface area contributed by atoms with Crippen LogP contribution in [0.15, 0.2) is 66.9 Å². The topological polar surface area (TPSA) is 150 Å². The third-order valence-corrected chi connectivity index (χ3v) is 6.98. The van der Waals surface area contributed by atoms with Gasteiger partial charge in [-0.25, -0.2) is 9.78 Å². The smallest absolute Gasteiger partial charge is 0.332 e. The Hall–Kier alpha value is -4.93. The first-order chi connectivity index (χ1) is 20.6. The average Bonchev–Trinajstić information content (AvgIpc) is 3.03. The number of esters is 3. The molecule has 1 aromatic heterocycles. The monoisotopic (exact) mass is 590 g/mol. The fourth-order valence-corrected chi connectivity index (χ4v) is 4.64. The Morgan fingerprint density at radius 2 is 1.77 bits per heavy atom. The fourth-order valence-electron chi connectivity index (χ4n) is 4.64. The number of aromatic nitrogens is 1. The molecule has 1 amide bonds. The van der Waals surface area contributed by atoms with Gasteiger partial charge in [-0.3, -0.25) is 14.4 Å². The molecular formula is C32H34N2O9. The molecule has 2 N–H and O–H groups in total. The van der Waals surface area contributed by atoms with Gasteiger partial charge in [0.2, 0.25) is 0 Å². The van der Waals surface area contributed by atoms with E-state index in [1.165, 1.54) is 26.3 Å². The van der Waals surface area contributed by atoms with Gasteiger partial charge in [0.05, 0.1) is 13.0 Å². The summed E-state index contributed by atoms with van der Waals surface area (Å²) < 4.78 is 21.9. The van der Waals surface area contributed by atoms with Crippen molar-refractivity contribution in [3.05, 3.63) is 78.1 Å². The van der Waals surface area contributed by atoms with E-state index in [9.17, 15) is 24.3 Å². The van der Waals surface area contributed by atoms with E-state index >= 15 is 0 Å². The Bertz CT molecular complexity index is 1470. The summed E-state index contributed by atoms with van der Waals surface area (Å²) in [5.74, 6) is -5.22. The second kappa shape index (κ2) is 13.8. The second-order valence-electron chi connectivity index (χ2n) is 10.4. The summed E-state index contributed by atoms with van der Waals surface area (Å²) in [5.41, 5.74) is 2.30. The third kappa shape index (κ3) is 7.48. The van der Waals surface area contributed by atoms with E-state index in [-0.39, 0.29) is 12.2 Å². The zero-order valence-corrected chi connectivity index (χ0v) is 24.3. The predicted molar refractivity (Wildman–Crippen MR) is 154 cm³/mol. The largest absolute Gasteiger partial charge is 0.503 e. The standard InChI is InChI=1S/C32H34N2O9/c1-18(2)30(37)43-28-19(3)42-32(39)24(34-29(36)26-27(35)25(40-4)13-14-33-26)17-41-31(38)23(28)16-20-9-8-12-22(15-20)21-10-6-5-7-11-21/h5-15,18-19,23-24,28,35H,16-17H2,1-4H3,(H,34,36)/t19-,23+,24-,28-/m0/s1. The molecule has 43 heavy (non-hydrogen) atoms. The van der Waals surface area contributed by atoms with Gasteiger partial charge >= 0.3 is 17.9 Å². The van der Waals surface area contributed by atoms with E-state index in [0.717, 1.165) is 16.7 Å². The van der Waals surface area contributed by atoms with Crippen molar-refractivity contribution in [2.75, 3.05) is 13.7 Å². The molecule has 0 aliphatic carbocycles. The molecule has 2 heterocycles. The number of cyclic esters (lactones) is 2. The number of hydrogen-bond donors (Lipinski definition) is 2. The Balaban J connectivity index is 1.61. The lowest BCUT2D eigenvalue weighted by atomic mass is 9.89. The minimum Gasteiger partial charge on any atom is -0.503 e. The van der Waals surface area contributed by atoms with Gasteiger partial charge in [-0.05, 0) is 30.0 Å². The lowest BCUT2D eigenvalue weighted by molar-refractivity contribution is -0.176. The number of aromatic hydroxyl groups is 1. The number of benzene rings is 2. The van der Waals surface area contributed by atoms with Crippen LogP contribution in [0.1, 0.15) is 36.8 Å². The maximum absolute atomic E-state index is 13.6. The number of nitrogens with one attached hydrogen (secondary N) is 1. The summed E-state index contributed by atoms with van der Waals surface area (Å²) in [6.45, 7) is 4.25. The van der Waals surface area contributed by atoms with Gasteiger partial charge in [-0.1, -0.05) is 68.4 Å². The van der Waals surface area contributed by atoms with E-state index in [4.69, 9.17) is 18.9 Å². The van der Waals surface area contributed by atoms with Gasteiger partial charge in [-0.15, -0.1) is 0 Å². The first-order valence-electron chi connectivity index (χ1n) is 13.8. The Kier molecular flexibility index (Phi) is 9.97. The molecule has 0 spiro atoms. The Morgan fingerprint density at radius 3 is 2.47 bits per heavy atom. The SMILES string of the molecule is COc1ccnc(C(=O)N[C@H]2COC(=O)[C@H](Cc3cccc(-c4ccccc4)c3)[C@@H](OC(=O)C(C)C)[C@H](C)OC2=O)c1O. The highest BCUT2D eigenvalue weighted by molar-refractivity contribution is 5.98. The van der Waals surface area contributed by atoms with Crippen molar-refractivity contribution in [2.45, 2.75) is 45.4 Å². The van der Waals surface area contributed by atoms with Crippen LogP contribution in [0, 0.1) is 11.8 Å². The summed E-state index contributed by atoms with van der Waals surface area (Å²) >= 11 is 0. The maximum Gasteiger partial charge on any atom is 0.332 e. The Morgan fingerprint density at radius 1 is 1.05 bits per heavy atom. The molecule has 2 aromatic carbocycles. The van der Waals surface area contributed by atoms with E-state index in [2.05, 4.69) is 10.3 Å². The first-order valence-corrected chi connectivity index (χ1v) is 13.8. The number of carbonyl (C=O) groups is 4. The van der Waals surface area contributed by atoms with Crippen LogP contribution in [0.25, 0.3) is 11.1 Å². The van der Waals surface area contributed by atoms with Crippen molar-refractivity contribution >= 4 is 23.8 Å². The van der Waals surface area contributed by atoms with Crippen molar-refractivity contribution in [1.29, 1.82) is 0 Å². The van der Waals surface area contributed by atoms with Crippen LogP contribution in [-0.4, -0.2) is 65.9 Å². The quantitative estimate of drug-likeness (QED) is 0.295. The molecule has 1 aliphatic rings. The van der Waals surface area contributed by atoms with Gasteiger partial charge in [0, 0.05) is 12.3 Å². The van der Waals surface area contributed by atoms with Gasteiger partial charge in [0.25, 0.3) is 5.91 Å². The lowest BCUT2D eigenvalue weighted by Crippen LogP contribution is -2.47. The summed E-state index contributed by atoms with van der Waals surface area (Å²) in [6, 6.07) is 17.2. The first kappa shape index (κ1) is 31.0. The molecule has 1 saturated heterocycles. The highest BCUT2D eigenvalue weighted by Crippen LogP contribution is 2.29. The molecule has 0 saturated carbocycles. The van der Waals surface area contributed by atoms with Crippen LogP contribution in [0.5, 0.6) is 11.5 Å². The molecule has 0 unspecified atom stereocenters. The normalized spacial score (nSPS) is 20.6. The highest BCUT2D eigenvalue weighted by atomic mass is 16.6. The fraction of sp³-hybridized carbons (Fsp3) is 0.344. The molecule has 226 valence electrons. The maximum atomic E-state index is 13.6.